The van der Waals surface area contributed by atoms with Crippen LogP contribution in [-0.2, 0) is 0 Å². The third kappa shape index (κ3) is 1.30. The van der Waals surface area contributed by atoms with Crippen molar-refractivity contribution in [1.82, 2.24) is 4.90 Å². The van der Waals surface area contributed by atoms with E-state index in [0.717, 1.165) is 32.4 Å². The lowest BCUT2D eigenvalue weighted by Crippen LogP contribution is -2.66. The number of rotatable bonds is 2. The molecule has 80 valence electrons. The van der Waals surface area contributed by atoms with Gasteiger partial charge in [-0.15, -0.1) is 0 Å². The molecule has 2 aliphatic carbocycles. The maximum absolute atomic E-state index is 10.1. The minimum atomic E-state index is -0.387. The van der Waals surface area contributed by atoms with Crippen molar-refractivity contribution in [2.75, 3.05) is 13.1 Å². The molecule has 1 heterocycles. The Kier molecular flexibility index (Phi) is 1.92. The summed E-state index contributed by atoms with van der Waals surface area (Å²) in [7, 11) is 0. The molecular weight excluding hydrogens is 178 g/mol. The van der Waals surface area contributed by atoms with Gasteiger partial charge in [0.2, 0.25) is 0 Å². The predicted molar refractivity (Wildman–Crippen MR) is 52.9 cm³/mol. The number of aliphatic hydroxyl groups is 2. The van der Waals surface area contributed by atoms with Crippen LogP contribution in [0.1, 0.15) is 32.1 Å². The second kappa shape index (κ2) is 2.94. The van der Waals surface area contributed by atoms with Gasteiger partial charge in [0.05, 0.1) is 11.7 Å². The molecule has 3 fully saturated rings. The molecule has 0 amide bonds. The van der Waals surface area contributed by atoms with E-state index in [2.05, 4.69) is 4.90 Å². The zero-order valence-corrected chi connectivity index (χ0v) is 8.52. The Balaban J connectivity index is 1.58. The smallest absolute Gasteiger partial charge is 0.0928 e. The van der Waals surface area contributed by atoms with Crippen molar-refractivity contribution in [2.24, 2.45) is 5.92 Å². The molecular formula is C11H19NO2. The van der Waals surface area contributed by atoms with E-state index in [1.165, 1.54) is 12.8 Å². The summed E-state index contributed by atoms with van der Waals surface area (Å²) >= 11 is 0. The van der Waals surface area contributed by atoms with Crippen molar-refractivity contribution in [2.45, 2.75) is 49.9 Å². The molecule has 3 nitrogen and oxygen atoms in total. The van der Waals surface area contributed by atoms with Crippen molar-refractivity contribution >= 4 is 0 Å². The fraction of sp³-hybridized carbons (Fsp3) is 1.00. The van der Waals surface area contributed by atoms with Crippen LogP contribution in [0.25, 0.3) is 0 Å². The summed E-state index contributed by atoms with van der Waals surface area (Å²) in [5.41, 5.74) is -0.387. The Hall–Kier alpha value is -0.120. The van der Waals surface area contributed by atoms with Crippen LogP contribution in [0.4, 0.5) is 0 Å². The van der Waals surface area contributed by atoms with E-state index in [1.807, 2.05) is 0 Å². The summed E-state index contributed by atoms with van der Waals surface area (Å²) in [5.74, 6) is 0.567. The fourth-order valence-electron chi connectivity index (χ4n) is 3.12. The molecule has 14 heavy (non-hydrogen) atoms. The van der Waals surface area contributed by atoms with Crippen LogP contribution in [0, 0.1) is 5.92 Å². The first kappa shape index (κ1) is 9.13. The minimum Gasteiger partial charge on any atom is -0.391 e. The van der Waals surface area contributed by atoms with Gasteiger partial charge in [-0.2, -0.15) is 0 Å². The molecule has 3 aliphatic rings. The van der Waals surface area contributed by atoms with Gasteiger partial charge >= 0.3 is 0 Å². The van der Waals surface area contributed by atoms with Crippen molar-refractivity contribution in [3.63, 3.8) is 0 Å². The lowest BCUT2D eigenvalue weighted by Gasteiger charge is -2.50. The molecule has 2 saturated carbocycles. The molecule has 0 spiro atoms. The molecule has 3 rings (SSSR count). The van der Waals surface area contributed by atoms with Crippen LogP contribution in [0.15, 0.2) is 0 Å². The van der Waals surface area contributed by atoms with E-state index in [9.17, 15) is 10.2 Å². The largest absolute Gasteiger partial charge is 0.391 e. The SMILES string of the molecule is OC1CCCC1N1CC(O)(C2CC2)C1. The number of hydrogen-bond donors (Lipinski definition) is 2. The van der Waals surface area contributed by atoms with Gasteiger partial charge in [0.25, 0.3) is 0 Å². The zero-order chi connectivity index (χ0) is 9.76. The van der Waals surface area contributed by atoms with Crippen LogP contribution in [0.3, 0.4) is 0 Å². The van der Waals surface area contributed by atoms with Gasteiger partial charge in [0, 0.05) is 19.1 Å². The summed E-state index contributed by atoms with van der Waals surface area (Å²) in [6, 6.07) is 0.342. The minimum absolute atomic E-state index is 0.140. The van der Waals surface area contributed by atoms with Gasteiger partial charge in [0.1, 0.15) is 0 Å². The first-order valence-corrected chi connectivity index (χ1v) is 5.83. The van der Waals surface area contributed by atoms with Crippen molar-refractivity contribution in [3.8, 4) is 0 Å². The lowest BCUT2D eigenvalue weighted by molar-refractivity contribution is -0.140. The normalized spacial score (nSPS) is 42.4. The molecule has 0 aromatic rings. The van der Waals surface area contributed by atoms with Gasteiger partial charge in [-0.25, -0.2) is 0 Å². The van der Waals surface area contributed by atoms with E-state index < -0.39 is 0 Å². The van der Waals surface area contributed by atoms with E-state index in [-0.39, 0.29) is 11.7 Å². The third-order valence-corrected chi connectivity index (χ3v) is 4.20. The maximum Gasteiger partial charge on any atom is 0.0928 e. The number of β-amino-alcohol motifs (C(OH)–C–C–N with tert-alkyl or cyclic N) is 1. The van der Waals surface area contributed by atoms with E-state index >= 15 is 0 Å². The quantitative estimate of drug-likeness (QED) is 0.671. The summed E-state index contributed by atoms with van der Waals surface area (Å²) in [4.78, 5) is 2.27. The summed E-state index contributed by atoms with van der Waals surface area (Å²) in [6.45, 7) is 1.61. The Morgan fingerprint density at radius 3 is 2.29 bits per heavy atom. The van der Waals surface area contributed by atoms with Crippen LogP contribution in [-0.4, -0.2) is 45.9 Å². The molecule has 0 bridgehead atoms. The zero-order valence-electron chi connectivity index (χ0n) is 8.52. The number of likely N-dealkylation sites (tertiary alicyclic amines) is 1. The molecule has 0 radical (unpaired) electrons. The third-order valence-electron chi connectivity index (χ3n) is 4.20. The van der Waals surface area contributed by atoms with E-state index in [4.69, 9.17) is 0 Å². The van der Waals surface area contributed by atoms with Crippen molar-refractivity contribution in [3.05, 3.63) is 0 Å². The first-order valence-electron chi connectivity index (χ1n) is 5.83. The molecule has 2 atom stereocenters. The lowest BCUT2D eigenvalue weighted by atomic mass is 9.86. The van der Waals surface area contributed by atoms with Gasteiger partial charge in [-0.05, 0) is 38.0 Å². The highest BCUT2D eigenvalue weighted by Gasteiger charge is 2.54. The van der Waals surface area contributed by atoms with E-state index in [1.54, 1.807) is 0 Å². The molecule has 2 N–H and O–H groups in total. The Bertz CT molecular complexity index is 233. The van der Waals surface area contributed by atoms with Crippen LogP contribution >= 0.6 is 0 Å². The molecule has 1 saturated heterocycles. The molecule has 0 aromatic carbocycles. The fourth-order valence-corrected chi connectivity index (χ4v) is 3.12. The van der Waals surface area contributed by atoms with Gasteiger partial charge in [-0.3, -0.25) is 4.90 Å². The Labute approximate surface area is 84.7 Å². The summed E-state index contributed by atoms with van der Waals surface area (Å²) in [5, 5.41) is 19.9. The number of aliphatic hydroxyl groups excluding tert-OH is 1. The average Bonchev–Trinajstić information content (AvgIpc) is 2.86. The van der Waals surface area contributed by atoms with Crippen molar-refractivity contribution < 1.29 is 10.2 Å². The highest BCUT2D eigenvalue weighted by atomic mass is 16.3. The number of hydrogen-bond acceptors (Lipinski definition) is 3. The van der Waals surface area contributed by atoms with Crippen LogP contribution in [0.2, 0.25) is 0 Å². The maximum atomic E-state index is 10.1. The second-order valence-electron chi connectivity index (χ2n) is 5.35. The predicted octanol–water partition coefficient (Wildman–Crippen LogP) is 0.357. The summed E-state index contributed by atoms with van der Waals surface area (Å²) in [6.07, 6.45) is 5.48. The Morgan fingerprint density at radius 2 is 1.79 bits per heavy atom. The first-order chi connectivity index (χ1) is 6.69. The highest BCUT2D eigenvalue weighted by molar-refractivity contribution is 5.08. The van der Waals surface area contributed by atoms with Gasteiger partial charge in [0.15, 0.2) is 0 Å². The highest BCUT2D eigenvalue weighted by Crippen LogP contribution is 2.46. The summed E-state index contributed by atoms with van der Waals surface area (Å²) < 4.78 is 0. The Morgan fingerprint density at radius 1 is 1.07 bits per heavy atom. The standard InChI is InChI=1S/C11H19NO2/c13-10-3-1-2-9(10)12-6-11(14,7-12)8-4-5-8/h8-10,13-14H,1-7H2. The monoisotopic (exact) mass is 197 g/mol. The van der Waals surface area contributed by atoms with Gasteiger partial charge < -0.3 is 10.2 Å². The van der Waals surface area contributed by atoms with Gasteiger partial charge in [-0.1, -0.05) is 0 Å². The molecule has 0 aromatic heterocycles. The molecule has 2 unspecified atom stereocenters. The molecule has 1 aliphatic heterocycles. The van der Waals surface area contributed by atoms with Crippen LogP contribution < -0.4 is 0 Å². The van der Waals surface area contributed by atoms with Crippen LogP contribution in [0.5, 0.6) is 0 Å². The average molecular weight is 197 g/mol. The topological polar surface area (TPSA) is 43.7 Å². The van der Waals surface area contributed by atoms with Crippen molar-refractivity contribution in [1.29, 1.82) is 0 Å². The second-order valence-corrected chi connectivity index (χ2v) is 5.35. The number of nitrogens with zero attached hydrogens (tertiary/aromatic N) is 1. The molecule has 3 heteroatoms. The van der Waals surface area contributed by atoms with E-state index in [0.29, 0.717) is 12.0 Å².